The second kappa shape index (κ2) is 15.2. The number of benzene rings is 3. The maximum absolute atomic E-state index is 13.6. The average Bonchev–Trinajstić information content (AvgIpc) is 3.05. The van der Waals surface area contributed by atoms with Gasteiger partial charge in [-0.3, -0.25) is 10.1 Å². The first kappa shape index (κ1) is 35.7. The molecule has 254 valence electrons. The third-order valence-corrected chi connectivity index (χ3v) is 7.81. The summed E-state index contributed by atoms with van der Waals surface area (Å²) in [5.74, 6) is -2.20. The van der Waals surface area contributed by atoms with Gasteiger partial charge >= 0.3 is 18.3 Å². The normalized spacial score (nSPS) is 14.9. The first-order valence-corrected chi connectivity index (χ1v) is 14.8. The van der Waals surface area contributed by atoms with Crippen LogP contribution in [-0.4, -0.2) is 40.7 Å². The lowest BCUT2D eigenvalue weighted by molar-refractivity contribution is -0.146. The lowest BCUT2D eigenvalue weighted by Gasteiger charge is -2.27. The highest BCUT2D eigenvalue weighted by molar-refractivity contribution is 5.98. The van der Waals surface area contributed by atoms with E-state index in [0.29, 0.717) is 29.3 Å². The van der Waals surface area contributed by atoms with Gasteiger partial charge in [-0.25, -0.2) is 9.79 Å². The van der Waals surface area contributed by atoms with Crippen LogP contribution in [0, 0.1) is 11.5 Å². The summed E-state index contributed by atoms with van der Waals surface area (Å²) in [6.07, 6.45) is -5.02. The molecular formula is C33H31F6N5O4. The molecule has 1 aliphatic carbocycles. The molecular weight excluding hydrogens is 644 g/mol. The number of aliphatic hydroxyl groups is 1. The zero-order valence-corrected chi connectivity index (χ0v) is 25.3. The molecule has 0 spiro atoms. The fourth-order valence-corrected chi connectivity index (χ4v) is 5.30. The molecule has 4 rings (SSSR count). The number of carbonyl (C=O) groups is 2. The van der Waals surface area contributed by atoms with Crippen molar-refractivity contribution in [2.24, 2.45) is 4.99 Å². The summed E-state index contributed by atoms with van der Waals surface area (Å²) in [4.78, 5) is 28.7. The van der Waals surface area contributed by atoms with Crippen LogP contribution in [0.25, 0.3) is 0 Å². The number of hydrogen-bond donors (Lipinski definition) is 4. The highest BCUT2D eigenvalue weighted by Gasteiger charge is 2.37. The van der Waals surface area contributed by atoms with E-state index in [2.05, 4.69) is 15.6 Å². The van der Waals surface area contributed by atoms with Gasteiger partial charge in [-0.1, -0.05) is 43.5 Å². The van der Waals surface area contributed by atoms with Gasteiger partial charge in [0.2, 0.25) is 5.96 Å². The molecule has 1 fully saturated rings. The number of aliphatic imine (C=N–C) groups is 1. The van der Waals surface area contributed by atoms with Crippen LogP contribution in [0.5, 0.6) is 0 Å². The van der Waals surface area contributed by atoms with Gasteiger partial charge in [0.1, 0.15) is 0 Å². The number of hydrogen-bond acceptors (Lipinski definition) is 5. The summed E-state index contributed by atoms with van der Waals surface area (Å²) in [7, 11) is 0. The molecule has 9 nitrogen and oxygen atoms in total. The second-order valence-electron chi connectivity index (χ2n) is 11.2. The van der Waals surface area contributed by atoms with E-state index in [4.69, 9.17) is 5.11 Å². The number of aliphatic carboxylic acids is 1. The Morgan fingerprint density at radius 1 is 0.917 bits per heavy atom. The molecule has 15 heteroatoms. The number of carboxylic acids is 1. The number of amides is 1. The quantitative estimate of drug-likeness (QED) is 0.0650. The summed E-state index contributed by atoms with van der Waals surface area (Å²) in [5.41, 5.74) is -1.73. The number of aliphatic hydroxyl groups excluding tert-OH is 1. The van der Waals surface area contributed by atoms with Crippen LogP contribution >= 0.6 is 0 Å². The number of carbonyl (C=O) groups excluding carboxylic acids is 1. The first-order valence-electron chi connectivity index (χ1n) is 14.8. The molecule has 0 heterocycles. The highest BCUT2D eigenvalue weighted by Crippen LogP contribution is 2.39. The molecule has 3 aromatic carbocycles. The maximum atomic E-state index is 13.6. The number of nitrogens with zero attached hydrogens (tertiary/aromatic N) is 3. The minimum Gasteiger partial charge on any atom is -0.479 e. The third kappa shape index (κ3) is 9.47. The van der Waals surface area contributed by atoms with Crippen molar-refractivity contribution in [3.63, 3.8) is 0 Å². The van der Waals surface area contributed by atoms with Crippen LogP contribution in [-0.2, 0) is 23.7 Å². The van der Waals surface area contributed by atoms with E-state index in [0.717, 1.165) is 37.7 Å². The lowest BCUT2D eigenvalue weighted by atomic mass is 9.84. The van der Waals surface area contributed by atoms with Crippen molar-refractivity contribution < 1.29 is 46.1 Å². The van der Waals surface area contributed by atoms with Crippen molar-refractivity contribution in [2.45, 2.75) is 63.0 Å². The second-order valence-corrected chi connectivity index (χ2v) is 11.2. The molecule has 4 N–H and O–H groups in total. The predicted octanol–water partition coefficient (Wildman–Crippen LogP) is 6.71. The van der Waals surface area contributed by atoms with Crippen LogP contribution in [0.2, 0.25) is 0 Å². The SMILES string of the molecule is N#CNC(=Nc1cc(C(F)(F)F)cc(C(F)(F)F)c1)N(Cc1ccc(C(=O)NC[C@@H](O)C(=O)O)cc1)c1ccc(C2CCCCC2)cc1. The predicted molar refractivity (Wildman–Crippen MR) is 163 cm³/mol. The summed E-state index contributed by atoms with van der Waals surface area (Å²) in [5, 5.41) is 32.3. The fourth-order valence-electron chi connectivity index (χ4n) is 5.30. The van der Waals surface area contributed by atoms with Gasteiger partial charge in [0, 0.05) is 11.3 Å². The summed E-state index contributed by atoms with van der Waals surface area (Å²) >= 11 is 0. The third-order valence-electron chi connectivity index (χ3n) is 7.81. The van der Waals surface area contributed by atoms with E-state index in [1.54, 1.807) is 18.3 Å². The number of guanidine groups is 1. The minimum atomic E-state index is -5.11. The van der Waals surface area contributed by atoms with Gasteiger partial charge in [0.25, 0.3) is 5.91 Å². The molecule has 48 heavy (non-hydrogen) atoms. The Bertz CT molecular complexity index is 1630. The number of rotatable bonds is 9. The lowest BCUT2D eigenvalue weighted by Crippen LogP contribution is -2.39. The molecule has 0 bridgehead atoms. The van der Waals surface area contributed by atoms with E-state index in [9.17, 15) is 46.3 Å². The Balaban J connectivity index is 1.73. The van der Waals surface area contributed by atoms with Crippen molar-refractivity contribution in [3.8, 4) is 6.19 Å². The van der Waals surface area contributed by atoms with Crippen molar-refractivity contribution in [1.82, 2.24) is 10.6 Å². The molecule has 1 aliphatic rings. The van der Waals surface area contributed by atoms with E-state index < -0.39 is 53.7 Å². The first-order chi connectivity index (χ1) is 22.7. The van der Waals surface area contributed by atoms with Gasteiger partial charge in [-0.15, -0.1) is 0 Å². The summed E-state index contributed by atoms with van der Waals surface area (Å²) in [6.45, 7) is -0.632. The molecule has 1 atom stereocenters. The van der Waals surface area contributed by atoms with Crippen LogP contribution in [0.4, 0.5) is 37.7 Å². The Morgan fingerprint density at radius 3 is 2.02 bits per heavy atom. The van der Waals surface area contributed by atoms with E-state index in [-0.39, 0.29) is 24.1 Å². The van der Waals surface area contributed by atoms with Gasteiger partial charge in [0.15, 0.2) is 12.3 Å². The van der Waals surface area contributed by atoms with E-state index >= 15 is 0 Å². The van der Waals surface area contributed by atoms with E-state index in [1.165, 1.54) is 29.2 Å². The summed E-state index contributed by atoms with van der Waals surface area (Å²) in [6, 6.07) is 13.9. The van der Waals surface area contributed by atoms with Crippen molar-refractivity contribution in [3.05, 3.63) is 94.5 Å². The summed E-state index contributed by atoms with van der Waals surface area (Å²) < 4.78 is 81.5. The molecule has 3 aromatic rings. The number of nitrogens with one attached hydrogen (secondary N) is 2. The van der Waals surface area contributed by atoms with Crippen LogP contribution in [0.3, 0.4) is 0 Å². The number of alkyl halides is 6. The van der Waals surface area contributed by atoms with E-state index in [1.807, 2.05) is 12.1 Å². The molecule has 0 unspecified atom stereocenters. The molecule has 0 radical (unpaired) electrons. The van der Waals surface area contributed by atoms with Gasteiger partial charge in [-0.2, -0.15) is 31.6 Å². The number of carboxylic acid groups (broad SMARTS) is 1. The molecule has 1 amide bonds. The Labute approximate surface area is 271 Å². The maximum Gasteiger partial charge on any atom is 0.416 e. The molecule has 1 saturated carbocycles. The highest BCUT2D eigenvalue weighted by atomic mass is 19.4. The van der Waals surface area contributed by atoms with Crippen molar-refractivity contribution in [1.29, 1.82) is 5.26 Å². The van der Waals surface area contributed by atoms with Gasteiger partial charge < -0.3 is 20.4 Å². The van der Waals surface area contributed by atoms with Crippen LogP contribution < -0.4 is 15.5 Å². The van der Waals surface area contributed by atoms with Gasteiger partial charge in [0.05, 0.1) is 29.9 Å². The molecule has 0 aromatic heterocycles. The molecule has 0 aliphatic heterocycles. The Morgan fingerprint density at radius 2 is 1.50 bits per heavy atom. The molecule has 0 saturated heterocycles. The van der Waals surface area contributed by atoms with Gasteiger partial charge in [-0.05, 0) is 72.4 Å². The number of anilines is 1. The smallest absolute Gasteiger partial charge is 0.416 e. The minimum absolute atomic E-state index is 0.0156. The Hall–Kier alpha value is -5.10. The van der Waals surface area contributed by atoms with Crippen LogP contribution in [0.1, 0.15) is 70.6 Å². The zero-order chi connectivity index (χ0) is 35.1. The number of nitriles is 1. The standard InChI is InChI=1S/C33H31F6N5O4/c34-32(35,36)24-14-25(33(37,38)39)16-26(15-24)43-31(42-19-40)44(27-12-10-22(11-13-27)21-4-2-1-3-5-21)18-20-6-8-23(9-7-20)29(46)41-17-28(45)30(47)48/h6-16,21,28,45H,1-5,17-18H2,(H,41,46)(H,42,43)(H,47,48)/t28-/m1/s1. The topological polar surface area (TPSA) is 138 Å². The zero-order valence-electron chi connectivity index (χ0n) is 25.3. The van der Waals surface area contributed by atoms with Crippen LogP contribution in [0.15, 0.2) is 71.7 Å². The van der Waals surface area contributed by atoms with Crippen molar-refractivity contribution in [2.75, 3.05) is 11.4 Å². The largest absolute Gasteiger partial charge is 0.479 e. The Kier molecular flexibility index (Phi) is 11.3. The number of halogens is 6. The average molecular weight is 676 g/mol. The van der Waals surface area contributed by atoms with Crippen molar-refractivity contribution >= 4 is 29.2 Å². The fraction of sp³-hybridized carbons (Fsp3) is 0.333. The monoisotopic (exact) mass is 675 g/mol.